The molecule has 8 nitrogen and oxygen atoms in total. The molecule has 0 saturated carbocycles. The number of sulfonamides is 1. The van der Waals surface area contributed by atoms with Crippen LogP contribution in [0, 0.1) is 0 Å². The third-order valence-electron chi connectivity index (χ3n) is 4.99. The van der Waals surface area contributed by atoms with Gasteiger partial charge in [0.05, 0.1) is 33.9 Å². The summed E-state index contributed by atoms with van der Waals surface area (Å²) in [5, 5.41) is 1.86. The van der Waals surface area contributed by atoms with Crippen molar-refractivity contribution in [1.29, 1.82) is 0 Å². The van der Waals surface area contributed by atoms with Gasteiger partial charge in [-0.2, -0.15) is 17.5 Å². The molecule has 1 amide bonds. The van der Waals surface area contributed by atoms with Crippen molar-refractivity contribution in [2.24, 2.45) is 0 Å². The van der Waals surface area contributed by atoms with Gasteiger partial charge in [0, 0.05) is 18.1 Å². The number of carbonyl (C=O) groups excluding carboxylic acids is 2. The van der Waals surface area contributed by atoms with Gasteiger partial charge >= 0.3 is 12.1 Å². The predicted octanol–water partition coefficient (Wildman–Crippen LogP) is 3.95. The number of nitrogens with zero attached hydrogens (tertiary/aromatic N) is 1. The van der Waals surface area contributed by atoms with Crippen LogP contribution < -0.4 is 5.32 Å². The molecule has 2 aromatic rings. The molecule has 0 aromatic heterocycles. The molecule has 35 heavy (non-hydrogen) atoms. The summed E-state index contributed by atoms with van der Waals surface area (Å²) in [7, 11) is -3.93. The van der Waals surface area contributed by atoms with E-state index in [4.69, 9.17) is 21.1 Å². The second-order valence-corrected chi connectivity index (χ2v) is 10.3. The van der Waals surface area contributed by atoms with E-state index in [1.807, 2.05) is 5.32 Å². The molecule has 0 radical (unpaired) electrons. The van der Waals surface area contributed by atoms with Crippen LogP contribution >= 0.6 is 11.6 Å². The first kappa shape index (κ1) is 26.9. The Balaban J connectivity index is 1.68. The molecule has 13 heteroatoms. The molecular weight excluding hydrogens is 513 g/mol. The number of esters is 1. The maximum Gasteiger partial charge on any atom is 0.418 e. The number of alkyl halides is 3. The number of anilines is 1. The van der Waals surface area contributed by atoms with Gasteiger partial charge in [0.25, 0.3) is 5.91 Å². The van der Waals surface area contributed by atoms with Crippen molar-refractivity contribution in [1.82, 2.24) is 4.31 Å². The maximum absolute atomic E-state index is 13.2. The fraction of sp³-hybridized carbons (Fsp3) is 0.364. The van der Waals surface area contributed by atoms with Gasteiger partial charge in [0.15, 0.2) is 6.61 Å². The lowest BCUT2D eigenvalue weighted by Crippen LogP contribution is -2.48. The van der Waals surface area contributed by atoms with E-state index in [2.05, 4.69) is 0 Å². The van der Waals surface area contributed by atoms with Crippen molar-refractivity contribution < 1.29 is 40.7 Å². The number of amides is 1. The molecular formula is C22H22ClF3N2O6S. The molecule has 0 bridgehead atoms. The van der Waals surface area contributed by atoms with Gasteiger partial charge in [-0.25, -0.2) is 13.2 Å². The summed E-state index contributed by atoms with van der Waals surface area (Å²) in [6.45, 7) is 2.89. The summed E-state index contributed by atoms with van der Waals surface area (Å²) < 4.78 is 77.2. The molecule has 2 atom stereocenters. The Bertz CT molecular complexity index is 1210. The number of halogens is 4. The fourth-order valence-electron chi connectivity index (χ4n) is 3.52. The van der Waals surface area contributed by atoms with Crippen molar-refractivity contribution in [3.05, 3.63) is 58.6 Å². The van der Waals surface area contributed by atoms with E-state index >= 15 is 0 Å². The van der Waals surface area contributed by atoms with Crippen molar-refractivity contribution in [2.45, 2.75) is 37.1 Å². The Kier molecular flexibility index (Phi) is 8.10. The van der Waals surface area contributed by atoms with E-state index in [9.17, 15) is 31.2 Å². The maximum atomic E-state index is 13.2. The van der Waals surface area contributed by atoms with Gasteiger partial charge in [-0.15, -0.1) is 0 Å². The molecule has 1 saturated heterocycles. The summed E-state index contributed by atoms with van der Waals surface area (Å²) >= 11 is 5.60. The van der Waals surface area contributed by atoms with E-state index in [0.29, 0.717) is 6.07 Å². The molecule has 1 heterocycles. The van der Waals surface area contributed by atoms with Crippen molar-refractivity contribution in [3.8, 4) is 0 Å². The highest BCUT2D eigenvalue weighted by Gasteiger charge is 2.35. The first-order valence-electron chi connectivity index (χ1n) is 10.4. The van der Waals surface area contributed by atoms with E-state index < -0.39 is 45.9 Å². The minimum atomic E-state index is -4.77. The fourth-order valence-corrected chi connectivity index (χ4v) is 5.33. The van der Waals surface area contributed by atoms with Crippen LogP contribution in [0.3, 0.4) is 0 Å². The van der Waals surface area contributed by atoms with Gasteiger partial charge in [0.1, 0.15) is 0 Å². The number of benzene rings is 2. The summed E-state index contributed by atoms with van der Waals surface area (Å²) in [6, 6.07) is 7.88. The minimum Gasteiger partial charge on any atom is -0.452 e. The summed E-state index contributed by atoms with van der Waals surface area (Å²) in [6.07, 6.45) is -5.39. The monoisotopic (exact) mass is 534 g/mol. The molecule has 0 unspecified atom stereocenters. The average Bonchev–Trinajstić information content (AvgIpc) is 2.77. The number of hydrogen-bond acceptors (Lipinski definition) is 6. The SMILES string of the molecule is C[C@H]1CN(S(=O)(=O)c2cccc(C(=O)OCC(=O)Nc3ccc(Cl)cc3C(F)(F)F)c2)C[C@H](C)O1. The zero-order chi connectivity index (χ0) is 26.0. The van der Waals surface area contributed by atoms with Gasteiger partial charge in [-0.3, -0.25) is 4.79 Å². The highest BCUT2D eigenvalue weighted by molar-refractivity contribution is 7.89. The smallest absolute Gasteiger partial charge is 0.418 e. The van der Waals surface area contributed by atoms with Crippen LogP contribution in [-0.4, -0.2) is 56.5 Å². The molecule has 1 N–H and O–H groups in total. The van der Waals surface area contributed by atoms with Crippen molar-refractivity contribution >= 4 is 39.2 Å². The minimum absolute atomic E-state index is 0.143. The predicted molar refractivity (Wildman–Crippen MR) is 121 cm³/mol. The van der Waals surface area contributed by atoms with Crippen LogP contribution in [0.2, 0.25) is 5.02 Å². The Labute approximate surface area is 205 Å². The van der Waals surface area contributed by atoms with Crippen LogP contribution in [0.5, 0.6) is 0 Å². The molecule has 0 aliphatic carbocycles. The van der Waals surface area contributed by atoms with Gasteiger partial charge < -0.3 is 14.8 Å². The second-order valence-electron chi connectivity index (χ2n) is 7.92. The summed E-state index contributed by atoms with van der Waals surface area (Å²) in [4.78, 5) is 24.4. The lowest BCUT2D eigenvalue weighted by Gasteiger charge is -2.34. The number of rotatable bonds is 6. The topological polar surface area (TPSA) is 102 Å². The summed E-state index contributed by atoms with van der Waals surface area (Å²) in [5.74, 6) is -2.04. The number of carbonyl (C=O) groups is 2. The van der Waals surface area contributed by atoms with Crippen LogP contribution in [0.15, 0.2) is 47.4 Å². The lowest BCUT2D eigenvalue weighted by molar-refractivity contribution is -0.137. The quantitative estimate of drug-likeness (QED) is 0.563. The van der Waals surface area contributed by atoms with Crippen molar-refractivity contribution in [2.75, 3.05) is 25.0 Å². The third-order valence-corrected chi connectivity index (χ3v) is 7.05. The Morgan fingerprint density at radius 3 is 2.43 bits per heavy atom. The normalized spacial score (nSPS) is 19.3. The number of ether oxygens (including phenoxy) is 2. The molecule has 0 spiro atoms. The molecule has 2 aromatic carbocycles. The van der Waals surface area contributed by atoms with Crippen LogP contribution in [0.25, 0.3) is 0 Å². The van der Waals surface area contributed by atoms with Crippen LogP contribution in [0.4, 0.5) is 18.9 Å². The molecule has 190 valence electrons. The van der Waals surface area contributed by atoms with E-state index in [1.54, 1.807) is 13.8 Å². The number of morpholine rings is 1. The molecule has 1 aliphatic rings. The highest BCUT2D eigenvalue weighted by Crippen LogP contribution is 2.36. The number of hydrogen-bond donors (Lipinski definition) is 1. The lowest BCUT2D eigenvalue weighted by atomic mass is 10.1. The Morgan fingerprint density at radius 2 is 1.80 bits per heavy atom. The molecule has 1 fully saturated rings. The Morgan fingerprint density at radius 1 is 1.14 bits per heavy atom. The average molecular weight is 535 g/mol. The largest absolute Gasteiger partial charge is 0.452 e. The van der Waals surface area contributed by atoms with Crippen LogP contribution in [-0.2, 0) is 30.5 Å². The zero-order valence-corrected chi connectivity index (χ0v) is 20.2. The van der Waals surface area contributed by atoms with E-state index in [-0.39, 0.29) is 40.8 Å². The molecule has 1 aliphatic heterocycles. The van der Waals surface area contributed by atoms with Gasteiger partial charge in [0.2, 0.25) is 10.0 Å². The van der Waals surface area contributed by atoms with E-state index in [1.165, 1.54) is 28.6 Å². The van der Waals surface area contributed by atoms with Gasteiger partial charge in [-0.1, -0.05) is 17.7 Å². The second kappa shape index (κ2) is 10.5. The highest BCUT2D eigenvalue weighted by atomic mass is 35.5. The third kappa shape index (κ3) is 6.72. The summed E-state index contributed by atoms with van der Waals surface area (Å²) in [5.41, 5.74) is -1.85. The Hall–Kier alpha value is -2.67. The van der Waals surface area contributed by atoms with Crippen LogP contribution in [0.1, 0.15) is 29.8 Å². The standard InChI is InChI=1S/C22H22ClF3N2O6S/c1-13-10-28(11-14(2)34-13)35(31,32)17-5-3-4-15(8-17)21(30)33-12-20(29)27-19-7-6-16(23)9-18(19)22(24,25)26/h3-9,13-14H,10-12H2,1-2H3,(H,27,29)/t13-,14-/m0/s1. The van der Waals surface area contributed by atoms with Crippen molar-refractivity contribution in [3.63, 3.8) is 0 Å². The van der Waals surface area contributed by atoms with Gasteiger partial charge in [-0.05, 0) is 50.2 Å². The molecule has 3 rings (SSSR count). The van der Waals surface area contributed by atoms with E-state index in [0.717, 1.165) is 12.1 Å². The first-order chi connectivity index (χ1) is 16.3. The number of nitrogens with one attached hydrogen (secondary N) is 1. The first-order valence-corrected chi connectivity index (χ1v) is 12.2. The zero-order valence-electron chi connectivity index (χ0n) is 18.6.